The molecular weight excluding hydrogens is 322 g/mol. The van der Waals surface area contributed by atoms with Gasteiger partial charge in [0.2, 0.25) is 0 Å². The lowest BCUT2D eigenvalue weighted by atomic mass is 10.0. The summed E-state index contributed by atoms with van der Waals surface area (Å²) in [4.78, 5) is 16.3. The van der Waals surface area contributed by atoms with E-state index in [1.54, 1.807) is 25.3 Å². The summed E-state index contributed by atoms with van der Waals surface area (Å²) >= 11 is 0. The van der Waals surface area contributed by atoms with Crippen molar-refractivity contribution >= 4 is 17.1 Å². The predicted molar refractivity (Wildman–Crippen MR) is 90.1 cm³/mol. The maximum Gasteiger partial charge on any atom is 0.337 e. The average molecular weight is 341 g/mol. The molecule has 1 fully saturated rings. The zero-order valence-electron chi connectivity index (χ0n) is 14.2. The van der Waals surface area contributed by atoms with Crippen molar-refractivity contribution in [3.05, 3.63) is 36.0 Å². The standard InChI is InChI=1S/C18H19N3O4/c1-11-20-15-8-12(18(22)23-2)7-14(17(15)25-11)13-9-19-21(10-13)16-5-3-4-6-24-16/h7-10,16H,3-6H2,1-2H3. The second-order valence-electron chi connectivity index (χ2n) is 6.13. The van der Waals surface area contributed by atoms with Crippen molar-refractivity contribution < 1.29 is 18.7 Å². The third-order valence-corrected chi connectivity index (χ3v) is 4.38. The van der Waals surface area contributed by atoms with Crippen LogP contribution < -0.4 is 0 Å². The summed E-state index contributed by atoms with van der Waals surface area (Å²) in [5, 5.41) is 4.44. The van der Waals surface area contributed by atoms with Gasteiger partial charge in [-0.1, -0.05) is 0 Å². The minimum atomic E-state index is -0.410. The van der Waals surface area contributed by atoms with E-state index in [0.717, 1.165) is 37.0 Å². The Bertz CT molecular complexity index is 922. The fourth-order valence-corrected chi connectivity index (χ4v) is 3.16. The van der Waals surface area contributed by atoms with Crippen LogP contribution in [-0.2, 0) is 9.47 Å². The molecule has 1 saturated heterocycles. The molecule has 1 aliphatic rings. The molecule has 0 amide bonds. The first-order valence-corrected chi connectivity index (χ1v) is 8.31. The molecule has 3 heterocycles. The van der Waals surface area contributed by atoms with Crippen LogP contribution in [0.4, 0.5) is 0 Å². The van der Waals surface area contributed by atoms with Crippen molar-refractivity contribution in [2.45, 2.75) is 32.4 Å². The lowest BCUT2D eigenvalue weighted by Gasteiger charge is -2.22. The zero-order chi connectivity index (χ0) is 17.4. The number of hydrogen-bond acceptors (Lipinski definition) is 6. The lowest BCUT2D eigenvalue weighted by Crippen LogP contribution is -2.18. The predicted octanol–water partition coefficient (Wildman–Crippen LogP) is 3.49. The van der Waals surface area contributed by atoms with Crippen LogP contribution in [0.5, 0.6) is 0 Å². The van der Waals surface area contributed by atoms with Gasteiger partial charge < -0.3 is 13.9 Å². The number of methoxy groups -OCH3 is 1. The Morgan fingerprint density at radius 1 is 1.36 bits per heavy atom. The Morgan fingerprint density at radius 3 is 3.00 bits per heavy atom. The minimum absolute atomic E-state index is 0.0433. The van der Waals surface area contributed by atoms with Gasteiger partial charge in [0.15, 0.2) is 11.5 Å². The Kier molecular flexibility index (Phi) is 4.01. The van der Waals surface area contributed by atoms with E-state index >= 15 is 0 Å². The number of fused-ring (bicyclic) bond motifs is 1. The Labute approximate surface area is 144 Å². The molecule has 4 rings (SSSR count). The van der Waals surface area contributed by atoms with Gasteiger partial charge in [-0.05, 0) is 31.4 Å². The van der Waals surface area contributed by atoms with Crippen LogP contribution >= 0.6 is 0 Å². The SMILES string of the molecule is COC(=O)c1cc(-c2cnn(C3CCCCO3)c2)c2oc(C)nc2c1. The molecule has 0 radical (unpaired) electrons. The van der Waals surface area contributed by atoms with Crippen LogP contribution in [0.15, 0.2) is 28.9 Å². The number of aromatic nitrogens is 3. The van der Waals surface area contributed by atoms with Crippen LogP contribution in [0.2, 0.25) is 0 Å². The molecule has 0 aliphatic carbocycles. The van der Waals surface area contributed by atoms with Crippen LogP contribution in [0.3, 0.4) is 0 Å². The first-order chi connectivity index (χ1) is 12.2. The molecular formula is C18H19N3O4. The van der Waals surface area contributed by atoms with Crippen molar-refractivity contribution in [3.63, 3.8) is 0 Å². The number of esters is 1. The molecule has 2 aromatic heterocycles. The smallest absolute Gasteiger partial charge is 0.337 e. The van der Waals surface area contributed by atoms with E-state index in [-0.39, 0.29) is 6.23 Å². The quantitative estimate of drug-likeness (QED) is 0.679. The topological polar surface area (TPSA) is 79.4 Å². The second kappa shape index (κ2) is 6.33. The molecule has 1 aromatic carbocycles. The van der Waals surface area contributed by atoms with Gasteiger partial charge >= 0.3 is 5.97 Å². The molecule has 0 saturated carbocycles. The maximum atomic E-state index is 12.0. The number of carbonyl (C=O) groups excluding carboxylic acids is 1. The van der Waals surface area contributed by atoms with Gasteiger partial charge in [-0.25, -0.2) is 14.5 Å². The molecule has 0 N–H and O–H groups in total. The van der Waals surface area contributed by atoms with Crippen molar-refractivity contribution in [3.8, 4) is 11.1 Å². The van der Waals surface area contributed by atoms with Gasteiger partial charge in [0.25, 0.3) is 0 Å². The Morgan fingerprint density at radius 2 is 2.24 bits per heavy atom. The highest BCUT2D eigenvalue weighted by atomic mass is 16.5. The summed E-state index contributed by atoms with van der Waals surface area (Å²) in [6.45, 7) is 2.53. The number of rotatable bonds is 3. The highest BCUT2D eigenvalue weighted by Gasteiger charge is 2.20. The normalized spacial score (nSPS) is 17.8. The van der Waals surface area contributed by atoms with Crippen LogP contribution in [0, 0.1) is 6.92 Å². The van der Waals surface area contributed by atoms with Crippen LogP contribution in [0.25, 0.3) is 22.2 Å². The highest BCUT2D eigenvalue weighted by molar-refractivity contribution is 5.99. The Balaban J connectivity index is 1.79. The third-order valence-electron chi connectivity index (χ3n) is 4.38. The number of benzene rings is 1. The van der Waals surface area contributed by atoms with E-state index in [2.05, 4.69) is 10.1 Å². The lowest BCUT2D eigenvalue weighted by molar-refractivity contribution is -0.0394. The molecule has 0 spiro atoms. The van der Waals surface area contributed by atoms with E-state index in [0.29, 0.717) is 22.6 Å². The molecule has 0 bridgehead atoms. The van der Waals surface area contributed by atoms with E-state index in [9.17, 15) is 4.79 Å². The third kappa shape index (κ3) is 2.91. The molecule has 1 atom stereocenters. The number of ether oxygens (including phenoxy) is 2. The largest absolute Gasteiger partial charge is 0.465 e. The van der Waals surface area contributed by atoms with Crippen molar-refractivity contribution in [1.82, 2.24) is 14.8 Å². The van der Waals surface area contributed by atoms with Gasteiger partial charge in [-0.15, -0.1) is 0 Å². The van der Waals surface area contributed by atoms with Gasteiger partial charge in [-0.3, -0.25) is 0 Å². The minimum Gasteiger partial charge on any atom is -0.465 e. The zero-order valence-corrected chi connectivity index (χ0v) is 14.2. The van der Waals surface area contributed by atoms with Crippen LogP contribution in [0.1, 0.15) is 41.7 Å². The summed E-state index contributed by atoms with van der Waals surface area (Å²) in [5.41, 5.74) is 3.30. The first kappa shape index (κ1) is 15.8. The summed E-state index contributed by atoms with van der Waals surface area (Å²) in [5.74, 6) is 0.132. The number of nitrogens with zero attached hydrogens (tertiary/aromatic N) is 3. The van der Waals surface area contributed by atoms with Crippen molar-refractivity contribution in [1.29, 1.82) is 0 Å². The van der Waals surface area contributed by atoms with E-state index in [4.69, 9.17) is 13.9 Å². The molecule has 1 unspecified atom stereocenters. The number of oxazole rings is 1. The van der Waals surface area contributed by atoms with Crippen molar-refractivity contribution in [2.24, 2.45) is 0 Å². The highest BCUT2D eigenvalue weighted by Crippen LogP contribution is 2.32. The molecule has 25 heavy (non-hydrogen) atoms. The van der Waals surface area contributed by atoms with E-state index in [1.807, 2.05) is 10.9 Å². The fraction of sp³-hybridized carbons (Fsp3) is 0.389. The van der Waals surface area contributed by atoms with Gasteiger partial charge in [0, 0.05) is 30.9 Å². The summed E-state index contributed by atoms with van der Waals surface area (Å²) < 4.78 is 18.2. The molecule has 130 valence electrons. The number of hydrogen-bond donors (Lipinski definition) is 0. The first-order valence-electron chi connectivity index (χ1n) is 8.31. The summed E-state index contributed by atoms with van der Waals surface area (Å²) in [7, 11) is 1.36. The van der Waals surface area contributed by atoms with Gasteiger partial charge in [0.1, 0.15) is 11.7 Å². The van der Waals surface area contributed by atoms with E-state index < -0.39 is 5.97 Å². The van der Waals surface area contributed by atoms with Crippen LogP contribution in [-0.4, -0.2) is 34.5 Å². The monoisotopic (exact) mass is 341 g/mol. The van der Waals surface area contributed by atoms with Gasteiger partial charge in [0.05, 0.1) is 18.9 Å². The summed E-state index contributed by atoms with van der Waals surface area (Å²) in [6.07, 6.45) is 6.79. The second-order valence-corrected chi connectivity index (χ2v) is 6.13. The average Bonchev–Trinajstić information content (AvgIpc) is 3.26. The molecule has 1 aliphatic heterocycles. The Hall–Kier alpha value is -2.67. The molecule has 7 heteroatoms. The maximum absolute atomic E-state index is 12.0. The fourth-order valence-electron chi connectivity index (χ4n) is 3.16. The molecule has 3 aromatic rings. The summed E-state index contributed by atoms with van der Waals surface area (Å²) in [6, 6.07) is 3.43. The van der Waals surface area contributed by atoms with E-state index in [1.165, 1.54) is 7.11 Å². The van der Waals surface area contributed by atoms with Crippen molar-refractivity contribution in [2.75, 3.05) is 13.7 Å². The molecule has 7 nitrogen and oxygen atoms in total. The number of carbonyl (C=O) groups is 1. The van der Waals surface area contributed by atoms with Gasteiger partial charge in [-0.2, -0.15) is 5.10 Å². The number of aryl methyl sites for hydroxylation is 1.